The molecule has 1 aromatic carbocycles. The Kier molecular flexibility index (Phi) is 4.20. The molecule has 0 saturated carbocycles. The van der Waals surface area contributed by atoms with E-state index in [0.717, 1.165) is 16.8 Å². The van der Waals surface area contributed by atoms with Gasteiger partial charge in [-0.2, -0.15) is 0 Å². The number of nitrogens with one attached hydrogen (secondary N) is 1. The zero-order valence-electron chi connectivity index (χ0n) is 12.9. The fraction of sp³-hybridized carbons (Fsp3) is 0.188. The summed E-state index contributed by atoms with van der Waals surface area (Å²) in [4.78, 5) is 12.2. The summed E-state index contributed by atoms with van der Waals surface area (Å²) in [5, 5.41) is 11.7. The number of nitrogen functional groups attached to an aromatic ring is 1. The number of fused-ring (bicyclic) bond motifs is 1. The van der Waals surface area contributed by atoms with E-state index in [0.29, 0.717) is 16.5 Å². The summed E-state index contributed by atoms with van der Waals surface area (Å²) in [6.45, 7) is 3.95. The van der Waals surface area contributed by atoms with Gasteiger partial charge < -0.3 is 11.1 Å². The van der Waals surface area contributed by atoms with Crippen molar-refractivity contribution in [3.05, 3.63) is 47.7 Å². The van der Waals surface area contributed by atoms with Gasteiger partial charge >= 0.3 is 0 Å². The molecule has 0 bridgehead atoms. The van der Waals surface area contributed by atoms with Crippen molar-refractivity contribution >= 4 is 34.7 Å². The number of carbonyl (C=O) groups excluding carboxylic acids is 1. The molecule has 0 aliphatic heterocycles. The Hall–Kier alpha value is -2.54. The second kappa shape index (κ2) is 6.29. The molecule has 0 spiro atoms. The van der Waals surface area contributed by atoms with Crippen molar-refractivity contribution in [3.63, 3.8) is 0 Å². The zero-order chi connectivity index (χ0) is 16.4. The summed E-state index contributed by atoms with van der Waals surface area (Å²) in [5.74, 6) is 0.177. The van der Waals surface area contributed by atoms with E-state index in [1.165, 1.54) is 11.8 Å². The van der Waals surface area contributed by atoms with Gasteiger partial charge in [-0.15, -0.1) is 10.2 Å². The SMILES string of the molecule is Cc1cccc(C)c1NC(=O)CSc1nnc2ccc(N)cn12. The first-order valence-electron chi connectivity index (χ1n) is 7.14. The lowest BCUT2D eigenvalue weighted by Gasteiger charge is -2.10. The van der Waals surface area contributed by atoms with E-state index in [1.54, 1.807) is 22.7 Å². The molecule has 118 valence electrons. The molecule has 2 heterocycles. The highest BCUT2D eigenvalue weighted by atomic mass is 32.2. The van der Waals surface area contributed by atoms with E-state index < -0.39 is 0 Å². The number of nitrogens with zero attached hydrogens (tertiary/aromatic N) is 3. The molecular weight excluding hydrogens is 310 g/mol. The maximum absolute atomic E-state index is 12.2. The smallest absolute Gasteiger partial charge is 0.234 e. The topological polar surface area (TPSA) is 85.3 Å². The molecule has 3 aromatic rings. The molecule has 3 rings (SSSR count). The van der Waals surface area contributed by atoms with Crippen LogP contribution in [0.2, 0.25) is 0 Å². The van der Waals surface area contributed by atoms with Crippen molar-refractivity contribution < 1.29 is 4.79 Å². The number of aromatic nitrogens is 3. The standard InChI is InChI=1S/C16H17N5OS/c1-10-4-3-5-11(2)15(10)18-14(22)9-23-16-20-19-13-7-6-12(17)8-21(13)16/h3-8H,9,17H2,1-2H3,(H,18,22). The van der Waals surface area contributed by atoms with Crippen LogP contribution in [0.3, 0.4) is 0 Å². The summed E-state index contributed by atoms with van der Waals surface area (Å²) in [5.41, 5.74) is 10.1. The lowest BCUT2D eigenvalue weighted by molar-refractivity contribution is -0.113. The van der Waals surface area contributed by atoms with Gasteiger partial charge in [-0.25, -0.2) is 0 Å². The van der Waals surface area contributed by atoms with Gasteiger partial charge in [-0.3, -0.25) is 9.20 Å². The number of para-hydroxylation sites is 1. The summed E-state index contributed by atoms with van der Waals surface area (Å²) in [6, 6.07) is 9.49. The highest BCUT2D eigenvalue weighted by Crippen LogP contribution is 2.21. The molecule has 7 heteroatoms. The lowest BCUT2D eigenvalue weighted by Crippen LogP contribution is -2.16. The van der Waals surface area contributed by atoms with Crippen molar-refractivity contribution in [2.75, 3.05) is 16.8 Å². The number of carbonyl (C=O) groups is 1. The first kappa shape index (κ1) is 15.4. The molecule has 0 unspecified atom stereocenters. The van der Waals surface area contributed by atoms with Crippen LogP contribution in [0.15, 0.2) is 41.7 Å². The normalized spacial score (nSPS) is 10.9. The Morgan fingerprint density at radius 2 is 1.96 bits per heavy atom. The second-order valence-electron chi connectivity index (χ2n) is 5.28. The maximum Gasteiger partial charge on any atom is 0.234 e. The number of rotatable bonds is 4. The molecule has 0 aliphatic carbocycles. The first-order valence-corrected chi connectivity index (χ1v) is 8.12. The molecule has 0 atom stereocenters. The summed E-state index contributed by atoms with van der Waals surface area (Å²) in [7, 11) is 0. The number of nitrogens with two attached hydrogens (primary N) is 1. The number of hydrogen-bond acceptors (Lipinski definition) is 5. The zero-order valence-corrected chi connectivity index (χ0v) is 13.7. The maximum atomic E-state index is 12.2. The average molecular weight is 327 g/mol. The Labute approximate surface area is 138 Å². The van der Waals surface area contributed by atoms with Crippen molar-refractivity contribution in [2.24, 2.45) is 0 Å². The monoisotopic (exact) mass is 327 g/mol. The van der Waals surface area contributed by atoms with Gasteiger partial charge in [0.25, 0.3) is 0 Å². The third-order valence-corrected chi connectivity index (χ3v) is 4.41. The van der Waals surface area contributed by atoms with Gasteiger partial charge in [0.05, 0.1) is 5.75 Å². The van der Waals surface area contributed by atoms with E-state index in [2.05, 4.69) is 15.5 Å². The Morgan fingerprint density at radius 3 is 2.70 bits per heavy atom. The second-order valence-corrected chi connectivity index (χ2v) is 6.22. The van der Waals surface area contributed by atoms with E-state index in [-0.39, 0.29) is 11.7 Å². The Bertz CT molecular complexity index is 854. The third-order valence-electron chi connectivity index (χ3n) is 3.47. The largest absolute Gasteiger partial charge is 0.398 e. The predicted octanol–water partition coefficient (Wildman–Crippen LogP) is 2.66. The van der Waals surface area contributed by atoms with Gasteiger partial charge in [-0.05, 0) is 37.1 Å². The number of pyridine rings is 1. The molecule has 3 N–H and O–H groups in total. The Morgan fingerprint density at radius 1 is 1.22 bits per heavy atom. The van der Waals surface area contributed by atoms with Gasteiger partial charge in [0.2, 0.25) is 5.91 Å². The molecule has 23 heavy (non-hydrogen) atoms. The number of amides is 1. The summed E-state index contributed by atoms with van der Waals surface area (Å²) in [6.07, 6.45) is 1.75. The Balaban J connectivity index is 1.70. The number of benzene rings is 1. The van der Waals surface area contributed by atoms with E-state index in [9.17, 15) is 4.79 Å². The minimum Gasteiger partial charge on any atom is -0.398 e. The average Bonchev–Trinajstić information content (AvgIpc) is 2.91. The van der Waals surface area contributed by atoms with Gasteiger partial charge in [0.15, 0.2) is 10.8 Å². The molecule has 0 radical (unpaired) electrons. The van der Waals surface area contributed by atoms with Crippen molar-refractivity contribution in [1.29, 1.82) is 0 Å². The van der Waals surface area contributed by atoms with Crippen LogP contribution in [0.25, 0.3) is 5.65 Å². The number of hydrogen-bond donors (Lipinski definition) is 2. The molecular formula is C16H17N5OS. The van der Waals surface area contributed by atoms with Crippen molar-refractivity contribution in [1.82, 2.24) is 14.6 Å². The fourth-order valence-corrected chi connectivity index (χ4v) is 3.02. The van der Waals surface area contributed by atoms with E-state index in [4.69, 9.17) is 5.73 Å². The third kappa shape index (κ3) is 3.29. The lowest BCUT2D eigenvalue weighted by atomic mass is 10.1. The van der Waals surface area contributed by atoms with E-state index in [1.807, 2.05) is 32.0 Å². The summed E-state index contributed by atoms with van der Waals surface area (Å²) < 4.78 is 1.78. The predicted molar refractivity (Wildman–Crippen MR) is 92.7 cm³/mol. The molecule has 0 fully saturated rings. The number of anilines is 2. The molecule has 0 saturated heterocycles. The van der Waals surface area contributed by atoms with Crippen LogP contribution in [0.1, 0.15) is 11.1 Å². The van der Waals surface area contributed by atoms with Gasteiger partial charge in [0, 0.05) is 17.6 Å². The fourth-order valence-electron chi connectivity index (χ4n) is 2.30. The molecule has 1 amide bonds. The molecule has 0 aliphatic rings. The molecule has 6 nitrogen and oxygen atoms in total. The van der Waals surface area contributed by atoms with Gasteiger partial charge in [0.1, 0.15) is 0 Å². The van der Waals surface area contributed by atoms with Crippen LogP contribution in [0.5, 0.6) is 0 Å². The van der Waals surface area contributed by atoms with Crippen LogP contribution in [-0.2, 0) is 4.79 Å². The highest BCUT2D eigenvalue weighted by molar-refractivity contribution is 7.99. The number of aryl methyl sites for hydroxylation is 2. The van der Waals surface area contributed by atoms with E-state index >= 15 is 0 Å². The van der Waals surface area contributed by atoms with Crippen LogP contribution in [-0.4, -0.2) is 26.3 Å². The number of thioether (sulfide) groups is 1. The first-order chi connectivity index (χ1) is 11.0. The summed E-state index contributed by atoms with van der Waals surface area (Å²) >= 11 is 1.33. The molecule has 2 aromatic heterocycles. The van der Waals surface area contributed by atoms with Crippen LogP contribution >= 0.6 is 11.8 Å². The minimum atomic E-state index is -0.0759. The van der Waals surface area contributed by atoms with Crippen molar-refractivity contribution in [2.45, 2.75) is 19.0 Å². The van der Waals surface area contributed by atoms with Gasteiger partial charge in [-0.1, -0.05) is 30.0 Å². The minimum absolute atomic E-state index is 0.0759. The van der Waals surface area contributed by atoms with Crippen LogP contribution in [0, 0.1) is 13.8 Å². The quantitative estimate of drug-likeness (QED) is 0.720. The highest BCUT2D eigenvalue weighted by Gasteiger charge is 2.11. The van der Waals surface area contributed by atoms with Crippen LogP contribution < -0.4 is 11.1 Å². The van der Waals surface area contributed by atoms with Crippen molar-refractivity contribution in [3.8, 4) is 0 Å². The van der Waals surface area contributed by atoms with Crippen LogP contribution in [0.4, 0.5) is 11.4 Å².